The Labute approximate surface area is 381 Å². The molecular formula is C63H45NSi. The predicted octanol–water partition coefficient (Wildman–Crippen LogP) is 13.9. The largest absolute Gasteiger partial charge is 0.311 e. The molecule has 0 saturated heterocycles. The first-order valence-electron chi connectivity index (χ1n) is 22.8. The normalized spacial score (nSPS) is 13.9. The maximum atomic E-state index is 2.58. The molecule has 0 unspecified atom stereocenters. The molecule has 0 N–H and O–H groups in total. The number of rotatable bonds is 6. The van der Waals surface area contributed by atoms with Crippen molar-refractivity contribution in [2.24, 2.45) is 0 Å². The summed E-state index contributed by atoms with van der Waals surface area (Å²) in [6, 6.07) is 89.6. The van der Waals surface area contributed by atoms with E-state index in [2.05, 4.69) is 255 Å². The predicted molar refractivity (Wildman–Crippen MR) is 279 cm³/mol. The number of hydrogen-bond acceptors (Lipinski definition) is 1. The standard InChI is InChI=1S/C63H45NSi/c1-63(2)58-40-49-22-11-10-21-48(49)39-57(58)54-36-33-51(41-59(54)63)64(50-31-27-45(28-32-50)42-15-4-3-5-16-42)60-25-14-24-56-55-23-12-13-26-61(55)65(62(56)60,52-34-29-43-17-6-8-19-46(43)37-52)53-35-30-44-18-7-9-20-47(44)38-53/h3-41H,1-2H3. The SMILES string of the molecule is CC1(C)c2cc(N(c3ccc(-c4ccccc4)cc3)c3cccc4c3[Si](c3ccc5ccccc5c3)(c3ccc5ccccc5c3)c3ccccc3-4)ccc2-c2cc3ccccc3cc21. The van der Waals surface area contributed by atoms with Gasteiger partial charge in [-0.25, -0.2) is 0 Å². The Kier molecular flexibility index (Phi) is 8.34. The molecule has 1 aliphatic heterocycles. The monoisotopic (exact) mass is 843 g/mol. The molecule has 0 amide bonds. The molecular weight excluding hydrogens is 799 g/mol. The lowest BCUT2D eigenvalue weighted by atomic mass is 9.81. The molecule has 1 heterocycles. The zero-order valence-electron chi connectivity index (χ0n) is 36.5. The number of fused-ring (bicyclic) bond motifs is 9. The van der Waals surface area contributed by atoms with E-state index >= 15 is 0 Å². The Balaban J connectivity index is 1.11. The van der Waals surface area contributed by atoms with E-state index in [0.717, 1.165) is 11.4 Å². The molecule has 0 saturated carbocycles. The van der Waals surface area contributed by atoms with E-state index in [1.54, 1.807) is 0 Å². The zero-order valence-corrected chi connectivity index (χ0v) is 37.5. The van der Waals surface area contributed by atoms with Gasteiger partial charge in [0.25, 0.3) is 0 Å². The van der Waals surface area contributed by atoms with Gasteiger partial charge in [0.05, 0.1) is 0 Å². The van der Waals surface area contributed by atoms with Crippen LogP contribution in [0.4, 0.5) is 17.1 Å². The summed E-state index contributed by atoms with van der Waals surface area (Å²) in [6.45, 7) is 4.81. The quantitative estimate of drug-likeness (QED) is 0.151. The van der Waals surface area contributed by atoms with E-state index < -0.39 is 8.07 Å². The fraction of sp³-hybridized carbons (Fsp3) is 0.0476. The molecule has 0 fully saturated rings. The molecule has 2 heteroatoms. The number of nitrogens with zero attached hydrogens (tertiary/aromatic N) is 1. The third kappa shape index (κ3) is 5.64. The van der Waals surface area contributed by atoms with E-state index in [9.17, 15) is 0 Å². The summed E-state index contributed by atoms with van der Waals surface area (Å²) >= 11 is 0. The van der Waals surface area contributed by atoms with Crippen LogP contribution in [0.15, 0.2) is 237 Å². The summed E-state index contributed by atoms with van der Waals surface area (Å²) in [4.78, 5) is 2.58. The van der Waals surface area contributed by atoms with Gasteiger partial charge in [0.15, 0.2) is 8.07 Å². The van der Waals surface area contributed by atoms with Gasteiger partial charge in [-0.2, -0.15) is 0 Å². The highest BCUT2D eigenvalue weighted by atomic mass is 28.3. The molecule has 13 rings (SSSR count). The third-order valence-electron chi connectivity index (χ3n) is 14.7. The fourth-order valence-electron chi connectivity index (χ4n) is 11.5. The Hall–Kier alpha value is -7.78. The van der Waals surface area contributed by atoms with Crippen LogP contribution in [0.1, 0.15) is 25.0 Å². The van der Waals surface area contributed by atoms with Crippen molar-refractivity contribution >= 4 is 78.2 Å². The van der Waals surface area contributed by atoms with Crippen molar-refractivity contribution in [3.05, 3.63) is 248 Å². The van der Waals surface area contributed by atoms with Crippen LogP contribution < -0.4 is 25.6 Å². The molecule has 0 bridgehead atoms. The molecule has 11 aromatic rings. The van der Waals surface area contributed by atoms with Crippen LogP contribution in [-0.2, 0) is 5.41 Å². The number of benzene rings is 11. The summed E-state index contributed by atoms with van der Waals surface area (Å²) in [7, 11) is -3.07. The van der Waals surface area contributed by atoms with E-state index in [1.165, 1.54) is 103 Å². The van der Waals surface area contributed by atoms with Crippen molar-refractivity contribution in [2.45, 2.75) is 19.3 Å². The molecule has 1 nitrogen and oxygen atoms in total. The van der Waals surface area contributed by atoms with Gasteiger partial charge in [-0.15, -0.1) is 0 Å². The van der Waals surface area contributed by atoms with Crippen molar-refractivity contribution in [3.63, 3.8) is 0 Å². The van der Waals surface area contributed by atoms with Crippen molar-refractivity contribution < 1.29 is 0 Å². The lowest BCUT2D eigenvalue weighted by Gasteiger charge is -2.36. The summed E-state index contributed by atoms with van der Waals surface area (Å²) in [5, 5.41) is 13.3. The molecule has 11 aromatic carbocycles. The van der Waals surface area contributed by atoms with Crippen LogP contribution in [-0.4, -0.2) is 8.07 Å². The van der Waals surface area contributed by atoms with Gasteiger partial charge in [-0.3, -0.25) is 0 Å². The highest BCUT2D eigenvalue weighted by molar-refractivity contribution is 7.23. The molecule has 2 aliphatic rings. The van der Waals surface area contributed by atoms with Crippen LogP contribution in [0.5, 0.6) is 0 Å². The highest BCUT2D eigenvalue weighted by Crippen LogP contribution is 2.52. The molecule has 0 atom stereocenters. The van der Waals surface area contributed by atoms with Crippen molar-refractivity contribution in [2.75, 3.05) is 4.90 Å². The second-order valence-corrected chi connectivity index (χ2v) is 22.2. The Morgan fingerprint density at radius 1 is 0.338 bits per heavy atom. The van der Waals surface area contributed by atoms with Crippen LogP contribution in [0.2, 0.25) is 0 Å². The summed E-state index contributed by atoms with van der Waals surface area (Å²) in [6.07, 6.45) is 0. The lowest BCUT2D eigenvalue weighted by Crippen LogP contribution is -2.73. The first kappa shape index (κ1) is 37.7. The maximum absolute atomic E-state index is 3.07. The van der Waals surface area contributed by atoms with Crippen molar-refractivity contribution in [1.29, 1.82) is 0 Å². The summed E-state index contributed by atoms with van der Waals surface area (Å²) in [5.41, 5.74) is 13.8. The van der Waals surface area contributed by atoms with Gasteiger partial charge in [0.2, 0.25) is 0 Å². The van der Waals surface area contributed by atoms with E-state index in [-0.39, 0.29) is 5.41 Å². The second kappa shape index (κ2) is 14.4. The van der Waals surface area contributed by atoms with E-state index in [0.29, 0.717) is 0 Å². The molecule has 0 radical (unpaired) electrons. The fourth-order valence-corrected chi connectivity index (χ4v) is 16.9. The smallest absolute Gasteiger partial charge is 0.183 e. The van der Waals surface area contributed by atoms with Gasteiger partial charge in [0, 0.05) is 22.5 Å². The number of hydrogen-bond donors (Lipinski definition) is 0. The van der Waals surface area contributed by atoms with E-state index in [1.807, 2.05) is 0 Å². The molecule has 306 valence electrons. The van der Waals surface area contributed by atoms with Crippen LogP contribution >= 0.6 is 0 Å². The van der Waals surface area contributed by atoms with Gasteiger partial charge < -0.3 is 4.90 Å². The summed E-state index contributed by atoms with van der Waals surface area (Å²) < 4.78 is 0. The van der Waals surface area contributed by atoms with Gasteiger partial charge in [0.1, 0.15) is 0 Å². The van der Waals surface area contributed by atoms with Gasteiger partial charge in [-0.05, 0) is 140 Å². The molecule has 0 aromatic heterocycles. The molecule has 1 aliphatic carbocycles. The number of anilines is 3. The van der Waals surface area contributed by atoms with Crippen LogP contribution in [0.3, 0.4) is 0 Å². The van der Waals surface area contributed by atoms with Crippen LogP contribution in [0.25, 0.3) is 65.7 Å². The highest BCUT2D eigenvalue weighted by Gasteiger charge is 2.51. The average molecular weight is 844 g/mol. The molecule has 0 spiro atoms. The third-order valence-corrected chi connectivity index (χ3v) is 19.5. The van der Waals surface area contributed by atoms with Crippen molar-refractivity contribution in [3.8, 4) is 33.4 Å². The minimum Gasteiger partial charge on any atom is -0.311 e. The zero-order chi connectivity index (χ0) is 43.3. The Bertz CT molecular complexity index is 3620. The van der Waals surface area contributed by atoms with Gasteiger partial charge >= 0.3 is 0 Å². The molecule has 65 heavy (non-hydrogen) atoms. The van der Waals surface area contributed by atoms with Crippen molar-refractivity contribution in [1.82, 2.24) is 0 Å². The Morgan fingerprint density at radius 3 is 1.54 bits per heavy atom. The topological polar surface area (TPSA) is 3.24 Å². The second-order valence-electron chi connectivity index (χ2n) is 18.5. The minimum atomic E-state index is -3.07. The first-order valence-corrected chi connectivity index (χ1v) is 24.8. The van der Waals surface area contributed by atoms with Crippen LogP contribution in [0, 0.1) is 0 Å². The summed E-state index contributed by atoms with van der Waals surface area (Å²) in [5.74, 6) is 0. The Morgan fingerprint density at radius 2 is 0.862 bits per heavy atom. The van der Waals surface area contributed by atoms with Gasteiger partial charge in [-0.1, -0.05) is 208 Å². The average Bonchev–Trinajstić information content (AvgIpc) is 3.79. The lowest BCUT2D eigenvalue weighted by molar-refractivity contribution is 0.661. The minimum absolute atomic E-state index is 0.197. The first-order chi connectivity index (χ1) is 32.0. The van der Waals surface area contributed by atoms with E-state index in [4.69, 9.17) is 0 Å². The maximum Gasteiger partial charge on any atom is 0.183 e.